The average Bonchev–Trinajstić information content (AvgIpc) is 2.54. The van der Waals surface area contributed by atoms with Crippen molar-refractivity contribution in [3.63, 3.8) is 0 Å². The second kappa shape index (κ2) is 6.64. The van der Waals surface area contributed by atoms with Crippen molar-refractivity contribution >= 4 is 11.7 Å². The van der Waals surface area contributed by atoms with Crippen LogP contribution >= 0.6 is 0 Å². The molecule has 1 unspecified atom stereocenters. The van der Waals surface area contributed by atoms with Gasteiger partial charge in [-0.05, 0) is 36.8 Å². The van der Waals surface area contributed by atoms with E-state index in [0.717, 1.165) is 0 Å². The number of rotatable bonds is 4. The maximum Gasteiger partial charge on any atom is 0.292 e. The normalized spacial score (nSPS) is 11.3. The summed E-state index contributed by atoms with van der Waals surface area (Å²) in [6.07, 6.45) is 0. The number of hydrogen-bond donors (Lipinski definition) is 1. The van der Waals surface area contributed by atoms with E-state index in [0.29, 0.717) is 5.56 Å². The van der Waals surface area contributed by atoms with Crippen LogP contribution in [0, 0.1) is 17.1 Å². The second-order valence-corrected chi connectivity index (χ2v) is 4.73. The van der Waals surface area contributed by atoms with Gasteiger partial charge in [0.2, 0.25) is 0 Å². The molecule has 110 valence electrons. The highest BCUT2D eigenvalue weighted by atomic mass is 19.1. The molecule has 0 aliphatic rings. The third kappa shape index (κ3) is 3.36. The van der Waals surface area contributed by atoms with E-state index in [2.05, 4.69) is 5.32 Å². The van der Waals surface area contributed by atoms with Gasteiger partial charge in [-0.2, -0.15) is 5.26 Å². The number of hydrogen-bond acceptors (Lipinski definition) is 3. The molecule has 0 saturated carbocycles. The summed E-state index contributed by atoms with van der Waals surface area (Å²) in [5.74, 6) is -1.95. The molecule has 4 nitrogen and oxygen atoms in total. The van der Waals surface area contributed by atoms with Crippen molar-refractivity contribution in [2.45, 2.75) is 13.0 Å². The fourth-order valence-electron chi connectivity index (χ4n) is 2.00. The van der Waals surface area contributed by atoms with Gasteiger partial charge in [-0.15, -0.1) is 0 Å². The van der Waals surface area contributed by atoms with Crippen LogP contribution in [0.15, 0.2) is 48.5 Å². The standard InChI is InChI=1S/C17H13FN2O2/c1-11(12-6-8-14(18)9-7-12)20-17(22)16(21)15-5-3-2-4-13(15)10-19/h2-9,11H,1H3,(H,20,22). The van der Waals surface area contributed by atoms with Crippen LogP contribution in [0.2, 0.25) is 0 Å². The van der Waals surface area contributed by atoms with Crippen molar-refractivity contribution in [2.24, 2.45) is 0 Å². The number of nitrogens with zero attached hydrogens (tertiary/aromatic N) is 1. The molecule has 0 aliphatic carbocycles. The number of ketones is 1. The first-order valence-corrected chi connectivity index (χ1v) is 6.62. The lowest BCUT2D eigenvalue weighted by molar-refractivity contribution is -0.117. The van der Waals surface area contributed by atoms with E-state index in [9.17, 15) is 14.0 Å². The molecule has 0 saturated heterocycles. The Labute approximate surface area is 127 Å². The van der Waals surface area contributed by atoms with Crippen molar-refractivity contribution in [1.29, 1.82) is 5.26 Å². The number of Topliss-reactive ketones (excluding diaryl/α,β-unsaturated/α-hetero) is 1. The van der Waals surface area contributed by atoms with Crippen molar-refractivity contribution < 1.29 is 14.0 Å². The molecule has 22 heavy (non-hydrogen) atoms. The van der Waals surface area contributed by atoms with Crippen molar-refractivity contribution in [3.8, 4) is 6.07 Å². The Morgan fingerprint density at radius 1 is 1.14 bits per heavy atom. The molecule has 0 bridgehead atoms. The van der Waals surface area contributed by atoms with Crippen LogP contribution in [0.1, 0.15) is 34.5 Å². The van der Waals surface area contributed by atoms with Gasteiger partial charge in [0.25, 0.3) is 11.7 Å². The molecule has 1 amide bonds. The van der Waals surface area contributed by atoms with Gasteiger partial charge in [0.05, 0.1) is 17.7 Å². The molecule has 0 aliphatic heterocycles. The monoisotopic (exact) mass is 296 g/mol. The smallest absolute Gasteiger partial charge is 0.292 e. The third-order valence-corrected chi connectivity index (χ3v) is 3.22. The fourth-order valence-corrected chi connectivity index (χ4v) is 2.00. The Hall–Kier alpha value is -3.00. The second-order valence-electron chi connectivity index (χ2n) is 4.73. The van der Waals surface area contributed by atoms with Gasteiger partial charge in [0.1, 0.15) is 5.82 Å². The van der Waals surface area contributed by atoms with E-state index < -0.39 is 17.7 Å². The average molecular weight is 296 g/mol. The summed E-state index contributed by atoms with van der Waals surface area (Å²) in [4.78, 5) is 24.1. The number of nitriles is 1. The summed E-state index contributed by atoms with van der Waals surface area (Å²) >= 11 is 0. The Kier molecular flexibility index (Phi) is 4.64. The molecule has 1 atom stereocenters. The van der Waals surface area contributed by atoms with Crippen LogP contribution in [0.25, 0.3) is 0 Å². The van der Waals surface area contributed by atoms with Gasteiger partial charge in [0, 0.05) is 5.56 Å². The first-order valence-electron chi connectivity index (χ1n) is 6.62. The SMILES string of the molecule is CC(NC(=O)C(=O)c1ccccc1C#N)c1ccc(F)cc1. The van der Waals surface area contributed by atoms with Crippen LogP contribution < -0.4 is 5.32 Å². The Bertz CT molecular complexity index is 748. The predicted octanol–water partition coefficient (Wildman–Crippen LogP) is 2.76. The lowest BCUT2D eigenvalue weighted by atomic mass is 10.0. The molecule has 0 heterocycles. The van der Waals surface area contributed by atoms with E-state index in [1.165, 1.54) is 36.4 Å². The van der Waals surface area contributed by atoms with Crippen LogP contribution in [0.3, 0.4) is 0 Å². The maximum atomic E-state index is 12.9. The molecule has 0 radical (unpaired) electrons. The zero-order valence-electron chi connectivity index (χ0n) is 11.8. The van der Waals surface area contributed by atoms with Crippen molar-refractivity contribution in [2.75, 3.05) is 0 Å². The van der Waals surface area contributed by atoms with E-state index in [-0.39, 0.29) is 16.9 Å². The predicted molar refractivity (Wildman–Crippen MR) is 78.4 cm³/mol. The lowest BCUT2D eigenvalue weighted by Gasteiger charge is -2.14. The highest BCUT2D eigenvalue weighted by Crippen LogP contribution is 2.14. The molecule has 1 N–H and O–H groups in total. The topological polar surface area (TPSA) is 70.0 Å². The Balaban J connectivity index is 2.13. The lowest BCUT2D eigenvalue weighted by Crippen LogP contribution is -2.33. The van der Waals surface area contributed by atoms with Gasteiger partial charge >= 0.3 is 0 Å². The van der Waals surface area contributed by atoms with E-state index >= 15 is 0 Å². The van der Waals surface area contributed by atoms with Gasteiger partial charge in [-0.3, -0.25) is 9.59 Å². The van der Waals surface area contributed by atoms with Crippen LogP contribution in [0.5, 0.6) is 0 Å². The quantitative estimate of drug-likeness (QED) is 0.696. The van der Waals surface area contributed by atoms with E-state index in [4.69, 9.17) is 5.26 Å². The molecule has 0 spiro atoms. The molecule has 2 aromatic carbocycles. The molecule has 2 rings (SSSR count). The summed E-state index contributed by atoms with van der Waals surface area (Å²) in [6, 6.07) is 13.2. The summed E-state index contributed by atoms with van der Waals surface area (Å²) < 4.78 is 12.9. The summed E-state index contributed by atoms with van der Waals surface area (Å²) in [5.41, 5.74) is 0.891. The van der Waals surface area contributed by atoms with Crippen LogP contribution in [-0.2, 0) is 4.79 Å². The van der Waals surface area contributed by atoms with E-state index in [1.807, 2.05) is 6.07 Å². The Morgan fingerprint density at radius 3 is 2.41 bits per heavy atom. The number of benzene rings is 2. The first-order chi connectivity index (χ1) is 10.5. The first kappa shape index (κ1) is 15.4. The van der Waals surface area contributed by atoms with Gasteiger partial charge in [-0.25, -0.2) is 4.39 Å². The largest absolute Gasteiger partial charge is 0.343 e. The number of halogens is 1. The van der Waals surface area contributed by atoms with Gasteiger partial charge < -0.3 is 5.32 Å². The highest BCUT2D eigenvalue weighted by Gasteiger charge is 2.21. The minimum Gasteiger partial charge on any atom is -0.343 e. The zero-order valence-corrected chi connectivity index (χ0v) is 11.8. The number of amides is 1. The Morgan fingerprint density at radius 2 is 1.77 bits per heavy atom. The molecule has 2 aromatic rings. The third-order valence-electron chi connectivity index (χ3n) is 3.22. The fraction of sp³-hybridized carbons (Fsp3) is 0.118. The molecular formula is C17H13FN2O2. The number of nitrogens with one attached hydrogen (secondary N) is 1. The molecule has 0 aromatic heterocycles. The summed E-state index contributed by atoms with van der Waals surface area (Å²) in [5, 5.41) is 11.5. The number of carbonyl (C=O) groups excluding carboxylic acids is 2. The van der Waals surface area contributed by atoms with Crippen LogP contribution in [-0.4, -0.2) is 11.7 Å². The van der Waals surface area contributed by atoms with Gasteiger partial charge in [-0.1, -0.05) is 24.3 Å². The molecule has 0 fully saturated rings. The minimum absolute atomic E-state index is 0.0637. The number of carbonyl (C=O) groups is 2. The van der Waals surface area contributed by atoms with Crippen LogP contribution in [0.4, 0.5) is 4.39 Å². The van der Waals surface area contributed by atoms with Gasteiger partial charge in [0.15, 0.2) is 0 Å². The maximum absolute atomic E-state index is 12.9. The zero-order chi connectivity index (χ0) is 16.1. The summed E-state index contributed by atoms with van der Waals surface area (Å²) in [7, 11) is 0. The van der Waals surface area contributed by atoms with E-state index in [1.54, 1.807) is 19.1 Å². The minimum atomic E-state index is -0.806. The molecule has 5 heteroatoms. The summed E-state index contributed by atoms with van der Waals surface area (Å²) in [6.45, 7) is 1.69. The van der Waals surface area contributed by atoms with Crippen molar-refractivity contribution in [1.82, 2.24) is 5.32 Å². The molecular weight excluding hydrogens is 283 g/mol. The highest BCUT2D eigenvalue weighted by molar-refractivity contribution is 6.43. The van der Waals surface area contributed by atoms with Crippen molar-refractivity contribution in [3.05, 3.63) is 71.0 Å².